The van der Waals surface area contributed by atoms with Gasteiger partial charge in [-0.1, -0.05) is 50.6 Å². The van der Waals surface area contributed by atoms with Gasteiger partial charge in [-0.15, -0.1) is 0 Å². The van der Waals surface area contributed by atoms with Crippen LogP contribution in [-0.2, 0) is 20.7 Å². The number of aldehydes is 1. The number of cyclic esters (lactones) is 1. The zero-order valence-electron chi connectivity index (χ0n) is 13.6. The smallest absolute Gasteiger partial charge is 0.416 e. The summed E-state index contributed by atoms with van der Waals surface area (Å²) < 4.78 is 5.09. The number of hydrogen-bond acceptors (Lipinski definition) is 4. The molecule has 0 saturated carbocycles. The Bertz CT molecular complexity index is 557. The van der Waals surface area contributed by atoms with Crippen molar-refractivity contribution in [2.24, 2.45) is 11.8 Å². The van der Waals surface area contributed by atoms with Crippen LogP contribution >= 0.6 is 0 Å². The largest absolute Gasteiger partial charge is 0.447 e. The van der Waals surface area contributed by atoms with Crippen molar-refractivity contribution < 1.29 is 19.1 Å². The Kier molecular flexibility index (Phi) is 5.90. The molecular weight excluding hydrogens is 294 g/mol. The van der Waals surface area contributed by atoms with Crippen LogP contribution in [0.2, 0.25) is 0 Å². The average molecular weight is 317 g/mol. The molecule has 0 N–H and O–H groups in total. The number of benzene rings is 1. The fourth-order valence-corrected chi connectivity index (χ4v) is 3.04. The van der Waals surface area contributed by atoms with Gasteiger partial charge in [0.1, 0.15) is 12.9 Å². The second-order valence-electron chi connectivity index (χ2n) is 5.99. The first-order valence-electron chi connectivity index (χ1n) is 8.05. The van der Waals surface area contributed by atoms with Gasteiger partial charge >= 0.3 is 6.09 Å². The third-order valence-electron chi connectivity index (χ3n) is 4.53. The van der Waals surface area contributed by atoms with Crippen LogP contribution in [0.4, 0.5) is 4.79 Å². The standard InChI is InChI=1S/C18H23NO4/c1-3-15(9-10-20)13(2)17(21)19-16(12-23-18(19)22)11-14-7-5-4-6-8-14/h4-8,10,13,15-16H,3,9,11-12H2,1-2H3/t13-,15-,16-/m0/s1. The van der Waals surface area contributed by atoms with Crippen LogP contribution in [0, 0.1) is 11.8 Å². The van der Waals surface area contributed by atoms with E-state index in [1.165, 1.54) is 4.90 Å². The molecule has 5 heteroatoms. The first-order valence-corrected chi connectivity index (χ1v) is 8.05. The molecule has 1 aromatic carbocycles. The number of rotatable bonds is 7. The molecule has 0 unspecified atom stereocenters. The van der Waals surface area contributed by atoms with Crippen molar-refractivity contribution in [3.8, 4) is 0 Å². The van der Waals surface area contributed by atoms with Gasteiger partial charge in [-0.25, -0.2) is 9.69 Å². The van der Waals surface area contributed by atoms with Crippen molar-refractivity contribution in [2.45, 2.75) is 39.2 Å². The number of carbonyl (C=O) groups excluding carboxylic acids is 3. The van der Waals surface area contributed by atoms with Crippen molar-refractivity contribution in [2.75, 3.05) is 6.61 Å². The van der Waals surface area contributed by atoms with E-state index in [4.69, 9.17) is 4.74 Å². The normalized spacial score (nSPS) is 20.0. The minimum absolute atomic E-state index is 0.0502. The Morgan fingerprint density at radius 1 is 1.39 bits per heavy atom. The lowest BCUT2D eigenvalue weighted by Crippen LogP contribution is -2.44. The van der Waals surface area contributed by atoms with Crippen molar-refractivity contribution in [3.63, 3.8) is 0 Å². The van der Waals surface area contributed by atoms with Gasteiger partial charge in [0.15, 0.2) is 0 Å². The fraction of sp³-hybridized carbons (Fsp3) is 0.500. The molecule has 1 saturated heterocycles. The van der Waals surface area contributed by atoms with E-state index >= 15 is 0 Å². The van der Waals surface area contributed by atoms with Gasteiger partial charge in [0.25, 0.3) is 0 Å². The van der Waals surface area contributed by atoms with Gasteiger partial charge in [-0.2, -0.15) is 0 Å². The van der Waals surface area contributed by atoms with Crippen LogP contribution in [-0.4, -0.2) is 35.8 Å². The van der Waals surface area contributed by atoms with Gasteiger partial charge in [-0.05, 0) is 17.9 Å². The Balaban J connectivity index is 2.12. The van der Waals surface area contributed by atoms with Crippen molar-refractivity contribution in [1.29, 1.82) is 0 Å². The van der Waals surface area contributed by atoms with Crippen molar-refractivity contribution >= 4 is 18.3 Å². The predicted molar refractivity (Wildman–Crippen MR) is 85.8 cm³/mol. The molecule has 1 aliphatic heterocycles. The highest BCUT2D eigenvalue weighted by Crippen LogP contribution is 2.25. The molecule has 2 amide bonds. The number of amides is 2. The molecule has 1 aromatic rings. The molecule has 0 radical (unpaired) electrons. The minimum atomic E-state index is -0.580. The fourth-order valence-electron chi connectivity index (χ4n) is 3.04. The van der Waals surface area contributed by atoms with Crippen LogP contribution in [0.15, 0.2) is 30.3 Å². The summed E-state index contributed by atoms with van der Waals surface area (Å²) in [6, 6.07) is 9.44. The summed E-state index contributed by atoms with van der Waals surface area (Å²) in [4.78, 5) is 36.8. The highest BCUT2D eigenvalue weighted by atomic mass is 16.6. The molecule has 124 valence electrons. The maximum atomic E-state index is 12.7. The second-order valence-corrected chi connectivity index (χ2v) is 5.99. The second kappa shape index (κ2) is 7.90. The van der Waals surface area contributed by atoms with Gasteiger partial charge in [0, 0.05) is 12.3 Å². The summed E-state index contributed by atoms with van der Waals surface area (Å²) >= 11 is 0. The van der Waals surface area contributed by atoms with Crippen LogP contribution in [0.25, 0.3) is 0 Å². The van der Waals surface area contributed by atoms with Crippen LogP contribution in [0.3, 0.4) is 0 Å². The highest BCUT2D eigenvalue weighted by Gasteiger charge is 2.41. The van der Waals surface area contributed by atoms with Crippen LogP contribution < -0.4 is 0 Å². The van der Waals surface area contributed by atoms with E-state index in [0.29, 0.717) is 12.8 Å². The van der Waals surface area contributed by atoms with Gasteiger partial charge in [0.2, 0.25) is 5.91 Å². The molecule has 0 bridgehead atoms. The predicted octanol–water partition coefficient (Wildman–Crippen LogP) is 2.83. The van der Waals surface area contributed by atoms with E-state index in [0.717, 1.165) is 18.3 Å². The van der Waals surface area contributed by atoms with Crippen LogP contribution in [0.5, 0.6) is 0 Å². The lowest BCUT2D eigenvalue weighted by Gasteiger charge is -2.26. The molecule has 3 atom stereocenters. The van der Waals surface area contributed by atoms with E-state index in [-0.39, 0.29) is 30.4 Å². The molecule has 2 rings (SSSR count). The Labute approximate surface area is 136 Å². The molecule has 5 nitrogen and oxygen atoms in total. The molecule has 0 spiro atoms. The topological polar surface area (TPSA) is 63.7 Å². The number of nitrogens with zero attached hydrogens (tertiary/aromatic N) is 1. The number of imide groups is 1. The highest BCUT2D eigenvalue weighted by molar-refractivity contribution is 5.94. The van der Waals surface area contributed by atoms with E-state index in [1.807, 2.05) is 37.3 Å². The van der Waals surface area contributed by atoms with Crippen LogP contribution in [0.1, 0.15) is 32.3 Å². The Hall–Kier alpha value is -2.17. The zero-order chi connectivity index (χ0) is 16.8. The van der Waals surface area contributed by atoms with Gasteiger partial charge < -0.3 is 9.53 Å². The van der Waals surface area contributed by atoms with E-state index in [9.17, 15) is 14.4 Å². The zero-order valence-corrected chi connectivity index (χ0v) is 13.6. The summed E-state index contributed by atoms with van der Waals surface area (Å²) in [6.45, 7) is 3.95. The quantitative estimate of drug-likeness (QED) is 0.725. The summed E-state index contributed by atoms with van der Waals surface area (Å²) in [5.41, 5.74) is 1.06. The number of ether oxygens (including phenoxy) is 1. The van der Waals surface area contributed by atoms with E-state index < -0.39 is 6.09 Å². The summed E-state index contributed by atoms with van der Waals surface area (Å²) in [6.07, 6.45) is 1.88. The maximum absolute atomic E-state index is 12.7. The first kappa shape index (κ1) is 17.2. The molecule has 1 aliphatic rings. The minimum Gasteiger partial charge on any atom is -0.447 e. The van der Waals surface area contributed by atoms with Crippen molar-refractivity contribution in [1.82, 2.24) is 4.90 Å². The Morgan fingerprint density at radius 3 is 2.70 bits per heavy atom. The molecular formula is C18H23NO4. The monoisotopic (exact) mass is 317 g/mol. The van der Waals surface area contributed by atoms with E-state index in [1.54, 1.807) is 6.92 Å². The summed E-state index contributed by atoms with van der Waals surface area (Å²) in [7, 11) is 0. The number of carbonyl (C=O) groups is 3. The number of hydrogen-bond donors (Lipinski definition) is 0. The van der Waals surface area contributed by atoms with E-state index in [2.05, 4.69) is 0 Å². The SMILES string of the molecule is CC[C@@H](CC=O)[C@H](C)C(=O)N1C(=O)OC[C@@H]1Cc1ccccc1. The third kappa shape index (κ3) is 3.97. The lowest BCUT2D eigenvalue weighted by atomic mass is 9.87. The third-order valence-corrected chi connectivity index (χ3v) is 4.53. The van der Waals surface area contributed by atoms with Crippen molar-refractivity contribution in [3.05, 3.63) is 35.9 Å². The lowest BCUT2D eigenvalue weighted by molar-refractivity contribution is -0.134. The molecule has 23 heavy (non-hydrogen) atoms. The van der Waals surface area contributed by atoms with Gasteiger partial charge in [0.05, 0.1) is 6.04 Å². The molecule has 1 heterocycles. The first-order chi connectivity index (χ1) is 11.1. The summed E-state index contributed by atoms with van der Waals surface area (Å²) in [5.74, 6) is -0.679. The van der Waals surface area contributed by atoms with Gasteiger partial charge in [-0.3, -0.25) is 4.79 Å². The maximum Gasteiger partial charge on any atom is 0.416 e. The Morgan fingerprint density at radius 2 is 2.09 bits per heavy atom. The molecule has 0 aliphatic carbocycles. The molecule has 1 fully saturated rings. The summed E-state index contributed by atoms with van der Waals surface area (Å²) in [5, 5.41) is 0. The average Bonchev–Trinajstić information content (AvgIpc) is 2.92. The molecule has 0 aromatic heterocycles.